The van der Waals surface area contributed by atoms with Gasteiger partial charge in [0.2, 0.25) is 5.78 Å². The van der Waals surface area contributed by atoms with Gasteiger partial charge in [-0.3, -0.25) is 9.59 Å². The number of carbonyl (C=O) groups is 3. The number of fused-ring (bicyclic) bond motifs is 3. The lowest BCUT2D eigenvalue weighted by molar-refractivity contribution is -0.155. The third-order valence-electron chi connectivity index (χ3n) is 5.54. The van der Waals surface area contributed by atoms with Crippen molar-refractivity contribution in [1.82, 2.24) is 0 Å². The van der Waals surface area contributed by atoms with Crippen LogP contribution in [0.15, 0.2) is 35.1 Å². The van der Waals surface area contributed by atoms with E-state index in [4.69, 9.17) is 14.2 Å². The van der Waals surface area contributed by atoms with Crippen LogP contribution in [-0.2, 0) is 28.6 Å². The van der Waals surface area contributed by atoms with E-state index in [1.807, 2.05) is 6.92 Å². The van der Waals surface area contributed by atoms with Crippen molar-refractivity contribution >= 4 is 17.7 Å². The summed E-state index contributed by atoms with van der Waals surface area (Å²) in [7, 11) is 0. The van der Waals surface area contributed by atoms with Crippen LogP contribution in [0, 0.1) is 11.8 Å². The fraction of sp³-hybridized carbons (Fsp3) is 0.550. The van der Waals surface area contributed by atoms with Crippen molar-refractivity contribution in [3.05, 3.63) is 35.1 Å². The van der Waals surface area contributed by atoms with E-state index < -0.39 is 29.7 Å². The van der Waals surface area contributed by atoms with Crippen molar-refractivity contribution in [3.63, 3.8) is 0 Å². The zero-order chi connectivity index (χ0) is 19.2. The highest BCUT2D eigenvalue weighted by Gasteiger charge is 2.53. The summed E-state index contributed by atoms with van der Waals surface area (Å²) >= 11 is 0. The Labute approximate surface area is 152 Å². The summed E-state index contributed by atoms with van der Waals surface area (Å²) < 4.78 is 17.2. The molecule has 0 aliphatic carbocycles. The number of ether oxygens (including phenoxy) is 3. The standard InChI is InChI=1S/C20H24O6/c1-6-10(2)18(22)25-15-9-20(5)16(21)8-13(26-20)11(3)7-14-17(15)12(4)19(23)24-14/h6-8,12,14-15,17H,9H2,1-5H3/b10-6-,11-7-/t12-,14-,15+,17+,20-/m1/s1. The minimum Gasteiger partial charge on any atom is -0.479 e. The second-order valence-corrected chi connectivity index (χ2v) is 7.44. The van der Waals surface area contributed by atoms with Gasteiger partial charge in [0, 0.05) is 18.1 Å². The lowest BCUT2D eigenvalue weighted by atomic mass is 9.80. The predicted octanol–water partition coefficient (Wildman–Crippen LogP) is 2.63. The Morgan fingerprint density at radius 3 is 2.73 bits per heavy atom. The van der Waals surface area contributed by atoms with Crippen molar-refractivity contribution in [1.29, 1.82) is 0 Å². The molecule has 6 heteroatoms. The lowest BCUT2D eigenvalue weighted by Gasteiger charge is -2.32. The van der Waals surface area contributed by atoms with Gasteiger partial charge < -0.3 is 14.2 Å². The van der Waals surface area contributed by atoms with Crippen LogP contribution >= 0.6 is 0 Å². The van der Waals surface area contributed by atoms with Crippen LogP contribution in [0.25, 0.3) is 0 Å². The van der Waals surface area contributed by atoms with Crippen molar-refractivity contribution in [2.75, 3.05) is 0 Å². The summed E-state index contributed by atoms with van der Waals surface area (Å²) in [4.78, 5) is 37.1. The number of carbonyl (C=O) groups excluding carboxylic acids is 3. The third kappa shape index (κ3) is 2.97. The topological polar surface area (TPSA) is 78.9 Å². The first-order valence-electron chi connectivity index (χ1n) is 8.84. The Bertz CT molecular complexity index is 758. The summed E-state index contributed by atoms with van der Waals surface area (Å²) in [6, 6.07) is 0. The van der Waals surface area contributed by atoms with E-state index in [1.54, 1.807) is 39.8 Å². The zero-order valence-corrected chi connectivity index (χ0v) is 15.7. The van der Waals surface area contributed by atoms with Gasteiger partial charge >= 0.3 is 11.9 Å². The van der Waals surface area contributed by atoms with Crippen molar-refractivity contribution < 1.29 is 28.6 Å². The Hall–Kier alpha value is -2.37. The van der Waals surface area contributed by atoms with Crippen LogP contribution < -0.4 is 0 Å². The fourth-order valence-electron chi connectivity index (χ4n) is 3.69. The largest absolute Gasteiger partial charge is 0.479 e. The van der Waals surface area contributed by atoms with E-state index in [2.05, 4.69) is 0 Å². The molecule has 26 heavy (non-hydrogen) atoms. The summed E-state index contributed by atoms with van der Waals surface area (Å²) in [6.07, 6.45) is 3.86. The first-order chi connectivity index (χ1) is 12.2. The fourth-order valence-corrected chi connectivity index (χ4v) is 3.69. The van der Waals surface area contributed by atoms with Crippen LogP contribution in [0.5, 0.6) is 0 Å². The van der Waals surface area contributed by atoms with E-state index in [1.165, 1.54) is 6.08 Å². The van der Waals surface area contributed by atoms with Crippen molar-refractivity contribution in [2.45, 2.75) is 58.8 Å². The van der Waals surface area contributed by atoms with Gasteiger partial charge in [-0.2, -0.15) is 0 Å². The van der Waals surface area contributed by atoms with E-state index in [9.17, 15) is 14.4 Å². The van der Waals surface area contributed by atoms with Crippen LogP contribution in [-0.4, -0.2) is 35.5 Å². The van der Waals surface area contributed by atoms with Gasteiger partial charge in [-0.25, -0.2) is 4.79 Å². The number of rotatable bonds is 2. The minimum atomic E-state index is -1.13. The molecule has 0 aromatic heterocycles. The Morgan fingerprint density at radius 1 is 1.38 bits per heavy atom. The molecule has 0 aromatic carbocycles. The molecule has 0 saturated carbocycles. The van der Waals surface area contributed by atoms with Crippen LogP contribution in [0.1, 0.15) is 41.0 Å². The molecule has 0 aromatic rings. The second kappa shape index (κ2) is 6.41. The van der Waals surface area contributed by atoms with E-state index in [0.717, 1.165) is 5.57 Å². The molecule has 5 atom stereocenters. The molecule has 0 unspecified atom stereocenters. The van der Waals surface area contributed by atoms with Crippen molar-refractivity contribution in [2.24, 2.45) is 11.8 Å². The molecule has 140 valence electrons. The van der Waals surface area contributed by atoms with Gasteiger partial charge in [-0.05, 0) is 39.3 Å². The first kappa shape index (κ1) is 18.4. The number of esters is 2. The van der Waals surface area contributed by atoms with Crippen LogP contribution in [0.2, 0.25) is 0 Å². The summed E-state index contributed by atoms with van der Waals surface area (Å²) in [5.41, 5.74) is 0.0729. The number of ketones is 1. The zero-order valence-electron chi connectivity index (χ0n) is 15.7. The molecule has 2 bridgehead atoms. The van der Waals surface area contributed by atoms with E-state index in [-0.39, 0.29) is 24.1 Å². The summed E-state index contributed by atoms with van der Waals surface area (Å²) in [5, 5.41) is 0. The highest BCUT2D eigenvalue weighted by Crippen LogP contribution is 2.42. The van der Waals surface area contributed by atoms with Gasteiger partial charge in [0.1, 0.15) is 18.0 Å². The van der Waals surface area contributed by atoms with Gasteiger partial charge in [-0.15, -0.1) is 0 Å². The van der Waals surface area contributed by atoms with Gasteiger partial charge in [0.15, 0.2) is 5.60 Å². The normalized spacial score (nSPS) is 38.7. The number of hydrogen-bond acceptors (Lipinski definition) is 6. The number of allylic oxidation sites excluding steroid dienone is 2. The maximum Gasteiger partial charge on any atom is 0.333 e. The smallest absolute Gasteiger partial charge is 0.333 e. The Morgan fingerprint density at radius 2 is 2.08 bits per heavy atom. The molecule has 3 aliphatic heterocycles. The van der Waals surface area contributed by atoms with Crippen LogP contribution in [0.3, 0.4) is 0 Å². The first-order valence-corrected chi connectivity index (χ1v) is 8.84. The molecule has 1 fully saturated rings. The highest BCUT2D eigenvalue weighted by atomic mass is 16.6. The third-order valence-corrected chi connectivity index (χ3v) is 5.54. The quantitative estimate of drug-likeness (QED) is 0.556. The lowest BCUT2D eigenvalue weighted by Crippen LogP contribution is -2.44. The maximum atomic E-state index is 12.5. The van der Waals surface area contributed by atoms with Crippen LogP contribution in [0.4, 0.5) is 0 Å². The summed E-state index contributed by atoms with van der Waals surface area (Å²) in [6.45, 7) is 8.69. The average Bonchev–Trinajstić information content (AvgIpc) is 3.03. The number of hydrogen-bond donors (Lipinski definition) is 0. The van der Waals surface area contributed by atoms with E-state index in [0.29, 0.717) is 11.3 Å². The molecule has 1 saturated heterocycles. The SMILES string of the molecule is C/C=C(/C)C(=O)O[C@H]1C[C@@]2(C)OC(=CC2=O)/C(C)=C\[C@H]2OC(=O)[C@H](C)[C@H]12. The molecular weight excluding hydrogens is 336 g/mol. The molecular formula is C20H24O6. The Balaban J connectivity index is 2.04. The highest BCUT2D eigenvalue weighted by molar-refractivity contribution is 6.00. The predicted molar refractivity (Wildman–Crippen MR) is 92.8 cm³/mol. The molecule has 0 radical (unpaired) electrons. The second-order valence-electron chi connectivity index (χ2n) is 7.44. The molecule has 0 spiro atoms. The molecule has 0 amide bonds. The van der Waals surface area contributed by atoms with E-state index >= 15 is 0 Å². The minimum absolute atomic E-state index is 0.165. The average molecular weight is 360 g/mol. The molecule has 3 heterocycles. The van der Waals surface area contributed by atoms with Gasteiger partial charge in [0.25, 0.3) is 0 Å². The molecule has 6 nitrogen and oxygen atoms in total. The van der Waals surface area contributed by atoms with Gasteiger partial charge in [0.05, 0.1) is 11.8 Å². The monoisotopic (exact) mass is 360 g/mol. The maximum absolute atomic E-state index is 12.5. The van der Waals surface area contributed by atoms with Gasteiger partial charge in [-0.1, -0.05) is 13.0 Å². The summed E-state index contributed by atoms with van der Waals surface area (Å²) in [5.74, 6) is -1.31. The van der Waals surface area contributed by atoms with Crippen molar-refractivity contribution in [3.8, 4) is 0 Å². The molecule has 3 aliphatic rings. The molecule has 0 N–H and O–H groups in total. The Kier molecular flexibility index (Phi) is 4.54. The molecule has 3 rings (SSSR count).